The number of benzene rings is 2. The molecule has 0 bridgehead atoms. The Labute approximate surface area is 162 Å². The number of hydrogen-bond acceptors (Lipinski definition) is 6. The summed E-state index contributed by atoms with van der Waals surface area (Å²) in [6.07, 6.45) is 1.36. The molecule has 0 aliphatic heterocycles. The Morgan fingerprint density at radius 3 is 2.74 bits per heavy atom. The second kappa shape index (κ2) is 9.45. The van der Waals surface area contributed by atoms with Gasteiger partial charge < -0.3 is 9.47 Å². The minimum Gasteiger partial charge on any atom is -0.481 e. The molecule has 0 aliphatic carbocycles. The number of amides is 1. The molecular weight excluding hydrogens is 421 g/mol. The third-order valence-electron chi connectivity index (χ3n) is 3.25. The Hall–Kier alpha value is -3.25. The first-order valence-corrected chi connectivity index (χ1v) is 8.26. The van der Waals surface area contributed by atoms with Crippen molar-refractivity contribution < 1.29 is 23.5 Å². The van der Waals surface area contributed by atoms with Gasteiger partial charge in [0.1, 0.15) is 11.6 Å². The fraction of sp³-hybridized carbons (Fsp3) is 0.111. The van der Waals surface area contributed by atoms with E-state index in [1.807, 2.05) is 0 Å². The van der Waals surface area contributed by atoms with Gasteiger partial charge in [0.2, 0.25) is 0 Å². The molecular formula is C18H13BrFN3O4. The fourth-order valence-corrected chi connectivity index (χ4v) is 2.42. The van der Waals surface area contributed by atoms with Gasteiger partial charge in [-0.25, -0.2) is 14.6 Å². The van der Waals surface area contributed by atoms with Crippen molar-refractivity contribution in [3.05, 3.63) is 63.4 Å². The highest BCUT2D eigenvalue weighted by Crippen LogP contribution is 2.25. The van der Waals surface area contributed by atoms with Crippen LogP contribution < -0.4 is 10.2 Å². The van der Waals surface area contributed by atoms with E-state index in [0.717, 1.165) is 6.07 Å². The van der Waals surface area contributed by atoms with E-state index in [-0.39, 0.29) is 17.7 Å². The Bertz CT molecular complexity index is 941. The van der Waals surface area contributed by atoms with Crippen molar-refractivity contribution >= 4 is 34.0 Å². The van der Waals surface area contributed by atoms with Crippen LogP contribution >= 0.6 is 15.9 Å². The van der Waals surface area contributed by atoms with Gasteiger partial charge in [-0.05, 0) is 57.9 Å². The summed E-state index contributed by atoms with van der Waals surface area (Å²) in [5, 5.41) is 12.5. The zero-order valence-corrected chi connectivity index (χ0v) is 15.6. The lowest BCUT2D eigenvalue weighted by atomic mass is 10.1. The second-order valence-electron chi connectivity index (χ2n) is 5.06. The predicted molar refractivity (Wildman–Crippen MR) is 97.8 cm³/mol. The van der Waals surface area contributed by atoms with Gasteiger partial charge in [0.15, 0.2) is 6.61 Å². The van der Waals surface area contributed by atoms with E-state index in [1.165, 1.54) is 25.5 Å². The number of ether oxygens (including phenoxy) is 2. The number of nitrogens with zero attached hydrogens (tertiary/aromatic N) is 2. The molecule has 7 nitrogen and oxygen atoms in total. The minimum atomic E-state index is -0.809. The quantitative estimate of drug-likeness (QED) is 0.428. The first kappa shape index (κ1) is 20.1. The minimum absolute atomic E-state index is 0.118. The van der Waals surface area contributed by atoms with Crippen molar-refractivity contribution in [2.45, 2.75) is 0 Å². The predicted octanol–water partition coefficient (Wildman–Crippen LogP) is 2.78. The molecule has 0 aromatic heterocycles. The Balaban J connectivity index is 2.00. The van der Waals surface area contributed by atoms with Gasteiger partial charge >= 0.3 is 5.97 Å². The lowest BCUT2D eigenvalue weighted by molar-refractivity contribution is -0.142. The van der Waals surface area contributed by atoms with E-state index in [1.54, 1.807) is 24.3 Å². The number of hydrazone groups is 1. The fourth-order valence-electron chi connectivity index (χ4n) is 1.90. The number of rotatable bonds is 6. The van der Waals surface area contributed by atoms with Crippen LogP contribution in [-0.4, -0.2) is 31.8 Å². The van der Waals surface area contributed by atoms with Crippen LogP contribution in [0, 0.1) is 17.1 Å². The molecule has 0 saturated heterocycles. The van der Waals surface area contributed by atoms with Gasteiger partial charge in [0.25, 0.3) is 5.91 Å². The number of methoxy groups -OCH3 is 1. The summed E-state index contributed by atoms with van der Waals surface area (Å²) >= 11 is 3.30. The number of halogens is 2. The number of hydrogen-bond donors (Lipinski definition) is 1. The molecule has 138 valence electrons. The molecule has 2 aromatic rings. The molecule has 0 saturated carbocycles. The molecule has 27 heavy (non-hydrogen) atoms. The zero-order valence-electron chi connectivity index (χ0n) is 14.0. The van der Waals surface area contributed by atoms with Crippen molar-refractivity contribution in [2.24, 2.45) is 5.10 Å². The summed E-state index contributed by atoms with van der Waals surface area (Å²) in [6.45, 7) is -0.227. The number of nitriles is 1. The van der Waals surface area contributed by atoms with Crippen LogP contribution in [0.5, 0.6) is 5.75 Å². The number of nitrogens with one attached hydrogen (secondary N) is 1. The van der Waals surface area contributed by atoms with E-state index < -0.39 is 17.7 Å². The van der Waals surface area contributed by atoms with E-state index in [0.29, 0.717) is 15.8 Å². The van der Waals surface area contributed by atoms with Crippen molar-refractivity contribution in [3.63, 3.8) is 0 Å². The summed E-state index contributed by atoms with van der Waals surface area (Å²) in [5.41, 5.74) is 2.72. The molecule has 0 radical (unpaired) electrons. The van der Waals surface area contributed by atoms with Crippen molar-refractivity contribution in [1.29, 1.82) is 5.26 Å². The van der Waals surface area contributed by atoms with E-state index in [9.17, 15) is 14.0 Å². The molecule has 2 aromatic carbocycles. The summed E-state index contributed by atoms with van der Waals surface area (Å²) in [5.74, 6) is -1.63. The van der Waals surface area contributed by atoms with E-state index in [2.05, 4.69) is 31.2 Å². The van der Waals surface area contributed by atoms with Crippen LogP contribution in [-0.2, 0) is 9.53 Å². The number of carbonyl (C=O) groups excluding carboxylic acids is 2. The molecule has 0 spiro atoms. The highest BCUT2D eigenvalue weighted by Gasteiger charge is 2.11. The molecule has 1 N–H and O–H groups in total. The molecule has 0 aliphatic rings. The number of esters is 1. The zero-order chi connectivity index (χ0) is 19.8. The maximum absolute atomic E-state index is 13.8. The molecule has 0 heterocycles. The molecule has 1 amide bonds. The molecule has 9 heteroatoms. The van der Waals surface area contributed by atoms with Gasteiger partial charge in [0.05, 0.1) is 35.0 Å². The summed E-state index contributed by atoms with van der Waals surface area (Å²) < 4.78 is 24.1. The van der Waals surface area contributed by atoms with Gasteiger partial charge in [0, 0.05) is 0 Å². The average Bonchev–Trinajstić information content (AvgIpc) is 2.66. The summed E-state index contributed by atoms with van der Waals surface area (Å²) in [7, 11) is 1.26. The maximum Gasteiger partial charge on any atom is 0.343 e. The Kier molecular flexibility index (Phi) is 7.02. The van der Waals surface area contributed by atoms with Crippen LogP contribution in [0.2, 0.25) is 0 Å². The van der Waals surface area contributed by atoms with Crippen LogP contribution in [0.4, 0.5) is 4.39 Å². The number of carbonyl (C=O) groups is 2. The monoisotopic (exact) mass is 433 g/mol. The molecule has 0 atom stereocenters. The molecule has 0 unspecified atom stereocenters. The smallest absolute Gasteiger partial charge is 0.343 e. The lowest BCUT2D eigenvalue weighted by Crippen LogP contribution is -2.19. The standard InChI is InChI=1S/C18H13BrFN3O4/c1-26-17(24)10-27-16-5-3-12(6-14(16)19)9-22-23-18(25)13-4-2-11(8-21)7-15(13)20/h2-7,9H,10H2,1H3,(H,23,25)/b22-9-. The normalized spacial score (nSPS) is 10.3. The van der Waals surface area contributed by atoms with E-state index >= 15 is 0 Å². The highest BCUT2D eigenvalue weighted by molar-refractivity contribution is 9.10. The largest absolute Gasteiger partial charge is 0.481 e. The van der Waals surface area contributed by atoms with Gasteiger partial charge in [-0.3, -0.25) is 4.79 Å². The van der Waals surface area contributed by atoms with Gasteiger partial charge in [-0.2, -0.15) is 10.4 Å². The topological polar surface area (TPSA) is 101 Å². The third-order valence-corrected chi connectivity index (χ3v) is 3.87. The highest BCUT2D eigenvalue weighted by atomic mass is 79.9. The summed E-state index contributed by atoms with van der Waals surface area (Å²) in [6, 6.07) is 10.2. The van der Waals surface area contributed by atoms with Crippen molar-refractivity contribution in [3.8, 4) is 11.8 Å². The van der Waals surface area contributed by atoms with Crippen molar-refractivity contribution in [2.75, 3.05) is 13.7 Å². The second-order valence-corrected chi connectivity index (χ2v) is 5.91. The van der Waals surface area contributed by atoms with Crippen LogP contribution in [0.3, 0.4) is 0 Å². The first-order valence-electron chi connectivity index (χ1n) is 7.47. The summed E-state index contributed by atoms with van der Waals surface area (Å²) in [4.78, 5) is 23.0. The van der Waals surface area contributed by atoms with Crippen LogP contribution in [0.1, 0.15) is 21.5 Å². The lowest BCUT2D eigenvalue weighted by Gasteiger charge is -2.07. The maximum atomic E-state index is 13.8. The Morgan fingerprint density at radius 2 is 2.11 bits per heavy atom. The van der Waals surface area contributed by atoms with Gasteiger partial charge in [-0.1, -0.05) is 0 Å². The van der Waals surface area contributed by atoms with Crippen LogP contribution in [0.25, 0.3) is 0 Å². The molecule has 0 fully saturated rings. The van der Waals surface area contributed by atoms with Crippen LogP contribution in [0.15, 0.2) is 46.0 Å². The molecule has 2 rings (SSSR count). The first-order chi connectivity index (χ1) is 12.9. The van der Waals surface area contributed by atoms with Gasteiger partial charge in [-0.15, -0.1) is 0 Å². The Morgan fingerprint density at radius 1 is 1.33 bits per heavy atom. The van der Waals surface area contributed by atoms with Crippen molar-refractivity contribution in [1.82, 2.24) is 5.43 Å². The average molecular weight is 434 g/mol. The van der Waals surface area contributed by atoms with E-state index in [4.69, 9.17) is 10.00 Å². The SMILES string of the molecule is COC(=O)COc1ccc(/C=N\NC(=O)c2ccc(C#N)cc2F)cc1Br. The third kappa shape index (κ3) is 5.62.